The minimum atomic E-state index is -0.555. The highest BCUT2D eigenvalue weighted by Crippen LogP contribution is 2.08. The molecule has 0 saturated carbocycles. The number of aryl methyl sites for hydroxylation is 1. The van der Waals surface area contributed by atoms with E-state index in [0.29, 0.717) is 5.82 Å². The van der Waals surface area contributed by atoms with Crippen LogP contribution in [0.3, 0.4) is 0 Å². The number of rotatable bonds is 3. The zero-order valence-electron chi connectivity index (χ0n) is 8.82. The lowest BCUT2D eigenvalue weighted by molar-refractivity contribution is 0.190. The van der Waals surface area contributed by atoms with Gasteiger partial charge in [0.05, 0.1) is 6.10 Å². The van der Waals surface area contributed by atoms with E-state index in [9.17, 15) is 4.79 Å². The molecule has 0 aliphatic heterocycles. The first kappa shape index (κ1) is 11.5. The van der Waals surface area contributed by atoms with Gasteiger partial charge in [-0.1, -0.05) is 6.07 Å². The van der Waals surface area contributed by atoms with Crippen LogP contribution in [0.5, 0.6) is 0 Å². The molecular formula is C10H15N3O2. The van der Waals surface area contributed by atoms with Gasteiger partial charge in [0.15, 0.2) is 0 Å². The Bertz CT molecular complexity index is 339. The second kappa shape index (κ2) is 5.31. The van der Waals surface area contributed by atoms with Gasteiger partial charge in [-0.15, -0.1) is 0 Å². The average Bonchev–Trinajstić information content (AvgIpc) is 2.18. The van der Waals surface area contributed by atoms with Crippen LogP contribution in [0.25, 0.3) is 0 Å². The number of aromatic nitrogens is 1. The molecule has 0 unspecified atom stereocenters. The van der Waals surface area contributed by atoms with Crippen LogP contribution in [0, 0.1) is 6.92 Å². The second-order valence-corrected chi connectivity index (χ2v) is 3.35. The van der Waals surface area contributed by atoms with Crippen molar-refractivity contribution in [3.8, 4) is 0 Å². The molecule has 0 aromatic carbocycles. The molecule has 5 heteroatoms. The first-order valence-electron chi connectivity index (χ1n) is 4.74. The largest absolute Gasteiger partial charge is 0.392 e. The standard InChI is InChI=1S/C10H15N3O2/c1-7-4-3-5-11-9(7)13-10(15)12-6-8(2)14/h3-5,8,14H,6H2,1-2H3,(H2,11,12,13,15)/t8-/m0/s1. The number of urea groups is 1. The van der Waals surface area contributed by atoms with E-state index < -0.39 is 6.10 Å². The van der Waals surface area contributed by atoms with Crippen LogP contribution in [-0.2, 0) is 0 Å². The predicted octanol–water partition coefficient (Wildman–Crippen LogP) is 0.892. The number of hydrogen-bond acceptors (Lipinski definition) is 3. The maximum Gasteiger partial charge on any atom is 0.320 e. The summed E-state index contributed by atoms with van der Waals surface area (Å²) in [6, 6.07) is 3.29. The predicted molar refractivity (Wildman–Crippen MR) is 57.7 cm³/mol. The molecule has 0 bridgehead atoms. The lowest BCUT2D eigenvalue weighted by Gasteiger charge is -2.09. The zero-order valence-corrected chi connectivity index (χ0v) is 8.82. The minimum absolute atomic E-state index is 0.220. The van der Waals surface area contributed by atoms with Gasteiger partial charge < -0.3 is 10.4 Å². The molecule has 3 N–H and O–H groups in total. The minimum Gasteiger partial charge on any atom is -0.392 e. The molecule has 0 aliphatic rings. The van der Waals surface area contributed by atoms with Crippen molar-refractivity contribution >= 4 is 11.8 Å². The smallest absolute Gasteiger partial charge is 0.320 e. The fourth-order valence-electron chi connectivity index (χ4n) is 1.01. The van der Waals surface area contributed by atoms with Crippen molar-refractivity contribution in [2.45, 2.75) is 20.0 Å². The van der Waals surface area contributed by atoms with Crippen LogP contribution in [0.15, 0.2) is 18.3 Å². The molecule has 82 valence electrons. The number of nitrogens with zero attached hydrogens (tertiary/aromatic N) is 1. The number of pyridine rings is 1. The monoisotopic (exact) mass is 209 g/mol. The van der Waals surface area contributed by atoms with Crippen LogP contribution in [0.4, 0.5) is 10.6 Å². The fourth-order valence-corrected chi connectivity index (χ4v) is 1.01. The Balaban J connectivity index is 2.48. The fraction of sp³-hybridized carbons (Fsp3) is 0.400. The zero-order chi connectivity index (χ0) is 11.3. The molecular weight excluding hydrogens is 194 g/mol. The number of aliphatic hydroxyl groups is 1. The van der Waals surface area contributed by atoms with Gasteiger partial charge in [-0.25, -0.2) is 9.78 Å². The average molecular weight is 209 g/mol. The Kier molecular flexibility index (Phi) is 4.05. The summed E-state index contributed by atoms with van der Waals surface area (Å²) in [6.45, 7) is 3.68. The summed E-state index contributed by atoms with van der Waals surface area (Å²) in [5, 5.41) is 14.1. The second-order valence-electron chi connectivity index (χ2n) is 3.35. The maximum atomic E-state index is 11.3. The molecule has 2 amide bonds. The van der Waals surface area contributed by atoms with Crippen LogP contribution >= 0.6 is 0 Å². The van der Waals surface area contributed by atoms with Crippen LogP contribution < -0.4 is 10.6 Å². The van der Waals surface area contributed by atoms with Crippen LogP contribution in [0.1, 0.15) is 12.5 Å². The topological polar surface area (TPSA) is 74.2 Å². The Labute approximate surface area is 88.5 Å². The van der Waals surface area contributed by atoms with E-state index in [1.807, 2.05) is 13.0 Å². The lowest BCUT2D eigenvalue weighted by atomic mass is 10.3. The van der Waals surface area contributed by atoms with Gasteiger partial charge in [-0.3, -0.25) is 5.32 Å². The molecule has 1 aromatic rings. The summed E-state index contributed by atoms with van der Waals surface area (Å²) in [4.78, 5) is 15.3. The van der Waals surface area contributed by atoms with Gasteiger partial charge >= 0.3 is 6.03 Å². The quantitative estimate of drug-likeness (QED) is 0.692. The Morgan fingerprint density at radius 1 is 1.67 bits per heavy atom. The normalized spacial score (nSPS) is 11.9. The van der Waals surface area contributed by atoms with E-state index in [0.717, 1.165) is 5.56 Å². The number of anilines is 1. The highest BCUT2D eigenvalue weighted by molar-refractivity contribution is 5.88. The first-order chi connectivity index (χ1) is 7.09. The number of aliphatic hydroxyl groups excluding tert-OH is 1. The Morgan fingerprint density at radius 2 is 2.40 bits per heavy atom. The molecule has 15 heavy (non-hydrogen) atoms. The highest BCUT2D eigenvalue weighted by atomic mass is 16.3. The van der Waals surface area contributed by atoms with E-state index in [2.05, 4.69) is 15.6 Å². The number of amides is 2. The SMILES string of the molecule is Cc1cccnc1NC(=O)NC[C@H](C)O. The highest BCUT2D eigenvalue weighted by Gasteiger charge is 2.05. The summed E-state index contributed by atoms with van der Waals surface area (Å²) in [5.74, 6) is 0.528. The van der Waals surface area contributed by atoms with E-state index in [4.69, 9.17) is 5.11 Å². The van der Waals surface area contributed by atoms with Crippen molar-refractivity contribution < 1.29 is 9.90 Å². The Morgan fingerprint density at radius 3 is 3.00 bits per heavy atom. The molecule has 1 rings (SSSR count). The van der Waals surface area contributed by atoms with Crippen LogP contribution in [-0.4, -0.2) is 28.8 Å². The van der Waals surface area contributed by atoms with Gasteiger partial charge in [0, 0.05) is 12.7 Å². The lowest BCUT2D eigenvalue weighted by Crippen LogP contribution is -2.34. The summed E-state index contributed by atoms with van der Waals surface area (Å²) in [7, 11) is 0. The number of nitrogens with one attached hydrogen (secondary N) is 2. The van der Waals surface area contributed by atoms with Gasteiger partial charge in [-0.05, 0) is 25.5 Å². The van der Waals surface area contributed by atoms with Crippen molar-refractivity contribution in [2.24, 2.45) is 0 Å². The molecule has 0 saturated heterocycles. The van der Waals surface area contributed by atoms with E-state index in [-0.39, 0.29) is 12.6 Å². The molecule has 0 spiro atoms. The van der Waals surface area contributed by atoms with Gasteiger partial charge in [0.25, 0.3) is 0 Å². The van der Waals surface area contributed by atoms with Crippen molar-refractivity contribution in [3.05, 3.63) is 23.9 Å². The van der Waals surface area contributed by atoms with Gasteiger partial charge in [0.1, 0.15) is 5.82 Å². The van der Waals surface area contributed by atoms with Crippen molar-refractivity contribution in [1.82, 2.24) is 10.3 Å². The molecule has 1 atom stereocenters. The summed E-state index contributed by atoms with van der Waals surface area (Å²) in [5.41, 5.74) is 0.893. The van der Waals surface area contributed by atoms with Crippen LogP contribution in [0.2, 0.25) is 0 Å². The van der Waals surface area contributed by atoms with E-state index in [1.54, 1.807) is 19.2 Å². The summed E-state index contributed by atoms with van der Waals surface area (Å²) in [6.07, 6.45) is 1.05. The van der Waals surface area contributed by atoms with Crippen molar-refractivity contribution in [2.75, 3.05) is 11.9 Å². The molecule has 0 fully saturated rings. The third-order valence-electron chi connectivity index (χ3n) is 1.80. The molecule has 1 heterocycles. The maximum absolute atomic E-state index is 11.3. The third-order valence-corrected chi connectivity index (χ3v) is 1.80. The van der Waals surface area contributed by atoms with E-state index >= 15 is 0 Å². The number of carbonyl (C=O) groups excluding carboxylic acids is 1. The molecule has 1 aromatic heterocycles. The Hall–Kier alpha value is -1.62. The summed E-state index contributed by atoms with van der Waals surface area (Å²) < 4.78 is 0. The first-order valence-corrected chi connectivity index (χ1v) is 4.74. The number of carbonyl (C=O) groups is 1. The molecule has 0 radical (unpaired) electrons. The van der Waals surface area contributed by atoms with Gasteiger partial charge in [0.2, 0.25) is 0 Å². The van der Waals surface area contributed by atoms with Gasteiger partial charge in [-0.2, -0.15) is 0 Å². The van der Waals surface area contributed by atoms with Crippen molar-refractivity contribution in [1.29, 1.82) is 0 Å². The summed E-state index contributed by atoms with van der Waals surface area (Å²) >= 11 is 0. The van der Waals surface area contributed by atoms with E-state index in [1.165, 1.54) is 0 Å². The molecule has 5 nitrogen and oxygen atoms in total. The molecule has 0 aliphatic carbocycles. The van der Waals surface area contributed by atoms with Crippen molar-refractivity contribution in [3.63, 3.8) is 0 Å². The third kappa shape index (κ3) is 3.95. The number of hydrogen-bond donors (Lipinski definition) is 3.